The lowest BCUT2D eigenvalue weighted by molar-refractivity contribution is -0.432. The minimum Gasteiger partial charge on any atom is -0.507 e. The van der Waals surface area contributed by atoms with Crippen molar-refractivity contribution in [2.45, 2.75) is 92.7 Å². The molecule has 0 spiro atoms. The molecule has 43 nitrogen and oxygen atoms in total. The van der Waals surface area contributed by atoms with Gasteiger partial charge in [-0.1, -0.05) is 37.1 Å². The zero-order chi connectivity index (χ0) is 95.4. The lowest BCUT2D eigenvalue weighted by Crippen LogP contribution is -2.19. The molecule has 4 aromatic heterocycles. The number of aryl methyl sites for hydroxylation is 4. The first-order valence-corrected chi connectivity index (χ1v) is 47.1. The second-order valence-electron chi connectivity index (χ2n) is 26.8. The Bertz CT molecular complexity index is 6680. The summed E-state index contributed by atoms with van der Waals surface area (Å²) in [7, 11) is -20.8. The van der Waals surface area contributed by atoms with Gasteiger partial charge in [-0.2, -0.15) is 61.7 Å². The van der Waals surface area contributed by atoms with E-state index in [0.717, 1.165) is 34.5 Å². The van der Waals surface area contributed by atoms with E-state index in [1.54, 1.807) is 112 Å². The number of alkyl halides is 1. The van der Waals surface area contributed by atoms with Crippen LogP contribution in [-0.4, -0.2) is 165 Å². The maximum absolute atomic E-state index is 12.6. The zero-order valence-corrected chi connectivity index (χ0v) is 76.6. The number of nitrogens with one attached hydrogen (secondary N) is 10. The number of phenolic OH excluding ortho intramolecular Hbond substituents is 1. The Morgan fingerprint density at radius 3 is 1.26 bits per heavy atom. The van der Waals surface area contributed by atoms with E-state index < -0.39 is 91.0 Å². The molecule has 0 fully saturated rings. The van der Waals surface area contributed by atoms with Crippen molar-refractivity contribution in [1.82, 2.24) is 54.8 Å². The van der Waals surface area contributed by atoms with Crippen LogP contribution >= 0.6 is 46.8 Å². The van der Waals surface area contributed by atoms with Crippen LogP contribution < -0.4 is 64.6 Å². The molecular formula is C77H83Cl3FN23O20S6. The van der Waals surface area contributed by atoms with Crippen LogP contribution in [0.15, 0.2) is 189 Å². The predicted octanol–water partition coefficient (Wildman–Crippen LogP) is 14.5. The van der Waals surface area contributed by atoms with Gasteiger partial charge in [-0.15, -0.1) is 4.33 Å². The smallest absolute Gasteiger partial charge is 0.397 e. The number of sulfone groups is 3. The highest BCUT2D eigenvalue weighted by Gasteiger charge is 2.27. The van der Waals surface area contributed by atoms with Crippen LogP contribution in [0.4, 0.5) is 107 Å². The van der Waals surface area contributed by atoms with Gasteiger partial charge in [0.1, 0.15) is 17.0 Å². The second-order valence-corrected chi connectivity index (χ2v) is 37.4. The van der Waals surface area contributed by atoms with Crippen molar-refractivity contribution in [3.8, 4) is 5.75 Å². The number of primary amides is 2. The molecule has 12 aromatic rings. The van der Waals surface area contributed by atoms with Crippen molar-refractivity contribution in [2.75, 3.05) is 83.8 Å². The van der Waals surface area contributed by atoms with Crippen molar-refractivity contribution in [1.29, 1.82) is 0 Å². The van der Waals surface area contributed by atoms with Gasteiger partial charge < -0.3 is 69.7 Å². The Morgan fingerprint density at radius 1 is 0.477 bits per heavy atom. The van der Waals surface area contributed by atoms with E-state index in [1.807, 2.05) is 39.8 Å². The fraction of sp³-hybridized carbons (Fsp3) is 0.195. The summed E-state index contributed by atoms with van der Waals surface area (Å²) in [5.74, 6) is -0.631. The molecule has 8 aromatic carbocycles. The number of anilines is 16. The van der Waals surface area contributed by atoms with Gasteiger partial charge in [0, 0.05) is 91.5 Å². The number of hydrogen-bond acceptors (Lipinski definition) is 37. The van der Waals surface area contributed by atoms with Gasteiger partial charge in [-0.25, -0.2) is 58.6 Å². The summed E-state index contributed by atoms with van der Waals surface area (Å²) in [5.41, 5.74) is 19.5. The van der Waals surface area contributed by atoms with E-state index in [2.05, 4.69) is 122 Å². The number of hydrogen-bond donors (Lipinski definition) is 16. The largest absolute Gasteiger partial charge is 0.507 e. The van der Waals surface area contributed by atoms with Crippen molar-refractivity contribution in [3.63, 3.8) is 0 Å². The Kier molecular flexibility index (Phi) is 37.1. The minimum absolute atomic E-state index is 0.0137. The maximum atomic E-state index is 12.6. The molecule has 0 bridgehead atoms. The van der Waals surface area contributed by atoms with Gasteiger partial charge in [-0.3, -0.25) is 13.9 Å². The first-order valence-electron chi connectivity index (χ1n) is 37.5. The summed E-state index contributed by atoms with van der Waals surface area (Å²) in [5, 5.41) is 51.2. The molecule has 0 aliphatic carbocycles. The summed E-state index contributed by atoms with van der Waals surface area (Å²) >= 11 is 18.8. The number of fused-ring (bicyclic) bond motifs is 1. The van der Waals surface area contributed by atoms with Gasteiger partial charge >= 0.3 is 22.5 Å². The molecule has 0 radical (unpaired) electrons. The molecule has 18 N–H and O–H groups in total. The number of urea groups is 2. The highest BCUT2D eigenvalue weighted by atomic mass is 35.5. The first kappa shape index (κ1) is 103. The number of phenols is 1. The molecule has 0 aliphatic rings. The van der Waals surface area contributed by atoms with Crippen LogP contribution in [0.2, 0.25) is 15.9 Å². The fourth-order valence-corrected chi connectivity index (χ4v) is 17.4. The third-order valence-electron chi connectivity index (χ3n) is 16.9. The van der Waals surface area contributed by atoms with Crippen molar-refractivity contribution < 1.29 is 93.9 Å². The van der Waals surface area contributed by atoms with Crippen LogP contribution in [-0.2, 0) is 68.4 Å². The highest BCUT2D eigenvalue weighted by molar-refractivity contribution is 7.94. The molecule has 690 valence electrons. The molecule has 0 saturated heterocycles. The van der Waals surface area contributed by atoms with E-state index in [9.17, 15) is 70.5 Å². The monoisotopic (exact) mass is 1970 g/mol. The SMILES string of the molecule is CC(=O)Nc1cc(NCF)ccc1C.CCCS(=O)(=O)c1cc(Nc2nc(Cl)nc(Nc3ccc(C)c(NC(N)=O)c3)n2)ccc1S(=O)(=O)O.CCCS(=O)(=O)c1ccc(Nc2nc(Cl)nc(Nc3ccc(C)c(NC(N)=O)c3)n2)cc1.Cc1c(SOOO)cc2cc(Nc3nc(Cl)nc(Nc4ccc(S(=O)(=O)CCOS(=O)(=O)O)cc4)n3)ccc2c1O.Cc1ccncn1. The van der Waals surface area contributed by atoms with Crippen LogP contribution in [0.3, 0.4) is 0 Å². The second kappa shape index (κ2) is 47.0. The maximum Gasteiger partial charge on any atom is 0.397 e. The van der Waals surface area contributed by atoms with Gasteiger partial charge in [0.15, 0.2) is 36.3 Å². The number of nitrogens with zero attached hydrogens (tertiary/aromatic N) is 11. The fourth-order valence-electron chi connectivity index (χ4n) is 10.9. The molecule has 0 saturated carbocycles. The molecular weight excluding hydrogens is 1880 g/mol. The van der Waals surface area contributed by atoms with E-state index in [0.29, 0.717) is 90.9 Å². The van der Waals surface area contributed by atoms with Crippen LogP contribution in [0.5, 0.6) is 5.75 Å². The lowest BCUT2D eigenvalue weighted by atomic mass is 10.1. The topological polar surface area (TPSA) is 645 Å². The Morgan fingerprint density at radius 2 is 0.869 bits per heavy atom. The van der Waals surface area contributed by atoms with E-state index >= 15 is 0 Å². The molecule has 0 aliphatic heterocycles. The first-order chi connectivity index (χ1) is 61.3. The van der Waals surface area contributed by atoms with Crippen LogP contribution in [0.1, 0.15) is 61.6 Å². The van der Waals surface area contributed by atoms with E-state index in [4.69, 9.17) is 56.1 Å². The minimum atomic E-state index is -4.80. The number of halogens is 4. The van der Waals surface area contributed by atoms with Crippen LogP contribution in [0.25, 0.3) is 10.8 Å². The predicted molar refractivity (Wildman–Crippen MR) is 489 cm³/mol. The number of benzene rings is 8. The quantitative estimate of drug-likeness (QED) is 0.00612. The van der Waals surface area contributed by atoms with Crippen molar-refractivity contribution in [3.05, 3.63) is 208 Å². The third kappa shape index (κ3) is 32.4. The summed E-state index contributed by atoms with van der Waals surface area (Å²) in [4.78, 5) is 76.9. The average Bonchev–Trinajstić information content (AvgIpc) is 0.785. The molecule has 0 atom stereocenters. The molecule has 130 heavy (non-hydrogen) atoms. The average molecular weight is 1970 g/mol. The third-order valence-corrected chi connectivity index (χ3v) is 25.2. The van der Waals surface area contributed by atoms with Crippen LogP contribution in [0, 0.1) is 34.6 Å². The summed E-state index contributed by atoms with van der Waals surface area (Å²) in [6.45, 7) is 12.6. The Hall–Kier alpha value is -12.8. The Labute approximate surface area is 763 Å². The number of carbonyl (C=O) groups is 3. The number of amides is 5. The van der Waals surface area contributed by atoms with Crippen molar-refractivity contribution in [2.24, 2.45) is 11.5 Å². The number of aromatic hydroxyl groups is 1. The van der Waals surface area contributed by atoms with Gasteiger partial charge in [-0.05, 0) is 238 Å². The molecule has 5 amide bonds. The standard InChI is InChI=1S/C22H20ClN5O10S3.C20H22ClN7O6S2.C20H22ClN7O3S.C10H13FN2O.C5H6N2/c1-12-18(39-38-37-30)11-13-10-15(4-7-17(13)19(12)29)25-22-27-20(23)26-21(28-22)24-14-2-5-16(6-3-14)40(31,32)9-8-36-41(33,34)35;1-3-8-35(30,31)16-10-13(6-7-15(16)36(32,33)34)24-20-27-17(21)26-19(28-20)23-12-5-4-11(2)14(9-12)25-18(22)29;1-3-10-32(30,31)15-8-6-13(7-9-15)23-19-26-17(21)27-20(28-19)24-14-5-4-12(2)16(11-14)25-18(22)29;1-7-3-4-9(12-6-11)5-10(7)13-8(2)14;1-5-2-3-6-4-7-5/h2-7,10-11,29-30H,8-9H2,1H3,(H,33,34,35)(H2,24,25,26,27,28);4-7,9-10H,3,8H2,1-2H3,(H3,22,25,29)(H,32,33,34)(H2,23,24,26,27,28);4-9,11H,3,10H2,1-2H3,(H3,22,25,29)(H2,23,24,26,27,28);3-5,12H,6H2,1-2H3,(H,13,14);2-4H,1H3. The number of nitrogens with two attached hydrogens (primary N) is 2. The summed E-state index contributed by atoms with van der Waals surface area (Å²) in [6.07, 6.45) is 4.04. The van der Waals surface area contributed by atoms with Gasteiger partial charge in [0.05, 0.1) is 50.6 Å². The van der Waals surface area contributed by atoms with Gasteiger partial charge in [0.2, 0.25) is 57.4 Å². The normalized spacial score (nSPS) is 11.3. The lowest BCUT2D eigenvalue weighted by Gasteiger charge is -2.13. The summed E-state index contributed by atoms with van der Waals surface area (Å²) < 4.78 is 158. The number of carbonyl (C=O) groups excluding carboxylic acids is 3. The van der Waals surface area contributed by atoms with Gasteiger partial charge in [0.25, 0.3) is 10.1 Å². The summed E-state index contributed by atoms with van der Waals surface area (Å²) in [6, 6.07) is 37.8. The molecule has 53 heteroatoms. The number of aromatic nitrogens is 11. The molecule has 12 rings (SSSR count). The molecule has 4 heterocycles. The zero-order valence-electron chi connectivity index (χ0n) is 69.4. The van der Waals surface area contributed by atoms with Crippen molar-refractivity contribution >= 4 is 218 Å². The number of rotatable bonds is 32. The van der Waals surface area contributed by atoms with E-state index in [1.165, 1.54) is 55.7 Å². The Balaban J connectivity index is 0.000000217. The molecule has 0 unspecified atom stereocenters. The van der Waals surface area contributed by atoms with E-state index in [-0.39, 0.29) is 96.6 Å². The highest BCUT2D eigenvalue weighted by Crippen LogP contribution is 2.39.